The molecule has 2 heteroatoms. The first-order valence-electron chi connectivity index (χ1n) is 4.89. The Bertz CT molecular complexity index is 443. The standard InChI is InChI=1S/C12H15NO/c1-9(14)7-10-3-4-11-5-6-13(2)12(11)8-10/h3-6,8-9,14H,7H2,1-2H3. The quantitative estimate of drug-likeness (QED) is 0.769. The van der Waals surface area contributed by atoms with Crippen molar-refractivity contribution < 1.29 is 5.11 Å². The van der Waals surface area contributed by atoms with Crippen molar-refractivity contribution in [3.8, 4) is 0 Å². The zero-order valence-corrected chi connectivity index (χ0v) is 8.57. The lowest BCUT2D eigenvalue weighted by molar-refractivity contribution is 0.195. The van der Waals surface area contributed by atoms with E-state index >= 15 is 0 Å². The van der Waals surface area contributed by atoms with Crippen LogP contribution in [0.2, 0.25) is 0 Å². The Morgan fingerprint density at radius 2 is 2.14 bits per heavy atom. The van der Waals surface area contributed by atoms with Crippen LogP contribution in [0.4, 0.5) is 0 Å². The van der Waals surface area contributed by atoms with Gasteiger partial charge in [-0.3, -0.25) is 0 Å². The number of hydrogen-bond acceptors (Lipinski definition) is 1. The Labute approximate surface area is 83.8 Å². The highest BCUT2D eigenvalue weighted by Gasteiger charge is 2.02. The fourth-order valence-corrected chi connectivity index (χ4v) is 1.78. The summed E-state index contributed by atoms with van der Waals surface area (Å²) in [5.41, 5.74) is 2.41. The van der Waals surface area contributed by atoms with Crippen LogP contribution in [-0.2, 0) is 13.5 Å². The summed E-state index contributed by atoms with van der Waals surface area (Å²) < 4.78 is 2.10. The summed E-state index contributed by atoms with van der Waals surface area (Å²) in [6, 6.07) is 8.42. The van der Waals surface area contributed by atoms with Gasteiger partial charge in [0.25, 0.3) is 0 Å². The fourth-order valence-electron chi connectivity index (χ4n) is 1.78. The number of rotatable bonds is 2. The van der Waals surface area contributed by atoms with Crippen molar-refractivity contribution in [2.45, 2.75) is 19.4 Å². The van der Waals surface area contributed by atoms with E-state index in [0.29, 0.717) is 0 Å². The van der Waals surface area contributed by atoms with E-state index in [1.807, 2.05) is 14.0 Å². The van der Waals surface area contributed by atoms with E-state index in [0.717, 1.165) is 6.42 Å². The van der Waals surface area contributed by atoms with Gasteiger partial charge in [-0.05, 0) is 36.4 Å². The van der Waals surface area contributed by atoms with Crippen molar-refractivity contribution >= 4 is 10.9 Å². The number of aliphatic hydroxyl groups excluding tert-OH is 1. The van der Waals surface area contributed by atoms with E-state index in [1.54, 1.807) is 0 Å². The molecule has 74 valence electrons. The van der Waals surface area contributed by atoms with Crippen LogP contribution in [0.3, 0.4) is 0 Å². The van der Waals surface area contributed by atoms with Crippen LogP contribution in [0.1, 0.15) is 12.5 Å². The number of aliphatic hydroxyl groups is 1. The average molecular weight is 189 g/mol. The third-order valence-electron chi connectivity index (χ3n) is 2.48. The molecule has 2 nitrogen and oxygen atoms in total. The molecule has 0 spiro atoms. The molecule has 0 amide bonds. The van der Waals surface area contributed by atoms with E-state index in [2.05, 4.69) is 35.0 Å². The molecule has 1 unspecified atom stereocenters. The molecule has 1 N–H and O–H groups in total. The molecule has 0 bridgehead atoms. The second-order valence-corrected chi connectivity index (χ2v) is 3.87. The lowest BCUT2D eigenvalue weighted by Crippen LogP contribution is -2.03. The van der Waals surface area contributed by atoms with Gasteiger partial charge in [0.15, 0.2) is 0 Å². The highest BCUT2D eigenvalue weighted by Crippen LogP contribution is 2.17. The Morgan fingerprint density at radius 3 is 2.86 bits per heavy atom. The molecule has 1 aromatic heterocycles. The van der Waals surface area contributed by atoms with Gasteiger partial charge in [-0.15, -0.1) is 0 Å². The average Bonchev–Trinajstić information content (AvgIpc) is 2.47. The van der Waals surface area contributed by atoms with E-state index in [9.17, 15) is 5.11 Å². The van der Waals surface area contributed by atoms with Crippen LogP contribution in [-0.4, -0.2) is 15.8 Å². The second-order valence-electron chi connectivity index (χ2n) is 3.87. The molecule has 0 saturated heterocycles. The molecular formula is C12H15NO. The zero-order valence-electron chi connectivity index (χ0n) is 8.57. The van der Waals surface area contributed by atoms with E-state index in [1.165, 1.54) is 16.5 Å². The normalized spacial score (nSPS) is 13.4. The Balaban J connectivity index is 2.44. The lowest BCUT2D eigenvalue weighted by Gasteiger charge is -2.05. The first-order valence-corrected chi connectivity index (χ1v) is 4.89. The van der Waals surface area contributed by atoms with Gasteiger partial charge in [0.05, 0.1) is 6.10 Å². The summed E-state index contributed by atoms with van der Waals surface area (Å²) in [6.45, 7) is 1.81. The third-order valence-corrected chi connectivity index (χ3v) is 2.48. The lowest BCUT2D eigenvalue weighted by atomic mass is 10.1. The Hall–Kier alpha value is -1.28. The minimum atomic E-state index is -0.271. The number of benzene rings is 1. The third kappa shape index (κ3) is 1.66. The van der Waals surface area contributed by atoms with Crippen molar-refractivity contribution in [1.82, 2.24) is 4.57 Å². The topological polar surface area (TPSA) is 25.2 Å². The van der Waals surface area contributed by atoms with Crippen LogP contribution in [0.25, 0.3) is 10.9 Å². The zero-order chi connectivity index (χ0) is 10.1. The van der Waals surface area contributed by atoms with Crippen molar-refractivity contribution in [2.75, 3.05) is 0 Å². The molecule has 0 radical (unpaired) electrons. The molecule has 2 rings (SSSR count). The summed E-state index contributed by atoms with van der Waals surface area (Å²) in [5, 5.41) is 10.5. The van der Waals surface area contributed by atoms with E-state index in [4.69, 9.17) is 0 Å². The SMILES string of the molecule is CC(O)Cc1ccc2ccn(C)c2c1. The van der Waals surface area contributed by atoms with Gasteiger partial charge >= 0.3 is 0 Å². The van der Waals surface area contributed by atoms with Gasteiger partial charge < -0.3 is 9.67 Å². The van der Waals surface area contributed by atoms with E-state index < -0.39 is 0 Å². The van der Waals surface area contributed by atoms with Crippen LogP contribution < -0.4 is 0 Å². The van der Waals surface area contributed by atoms with Gasteiger partial charge in [0, 0.05) is 18.8 Å². The van der Waals surface area contributed by atoms with Crippen molar-refractivity contribution in [1.29, 1.82) is 0 Å². The summed E-state index contributed by atoms with van der Waals surface area (Å²) in [4.78, 5) is 0. The maximum atomic E-state index is 9.29. The summed E-state index contributed by atoms with van der Waals surface area (Å²) in [6.07, 6.45) is 2.51. The minimum Gasteiger partial charge on any atom is -0.393 e. The number of nitrogens with zero attached hydrogens (tertiary/aromatic N) is 1. The van der Waals surface area contributed by atoms with Gasteiger partial charge in [-0.1, -0.05) is 12.1 Å². The van der Waals surface area contributed by atoms with Crippen LogP contribution in [0.15, 0.2) is 30.5 Å². The summed E-state index contributed by atoms with van der Waals surface area (Å²) >= 11 is 0. The molecule has 0 aliphatic heterocycles. The highest BCUT2D eigenvalue weighted by molar-refractivity contribution is 5.80. The second kappa shape index (κ2) is 3.46. The Kier molecular flexibility index (Phi) is 2.30. The largest absolute Gasteiger partial charge is 0.393 e. The number of hydrogen-bond donors (Lipinski definition) is 1. The fraction of sp³-hybridized carbons (Fsp3) is 0.333. The summed E-state index contributed by atoms with van der Waals surface area (Å²) in [5.74, 6) is 0. The highest BCUT2D eigenvalue weighted by atomic mass is 16.3. The predicted octanol–water partition coefficient (Wildman–Crippen LogP) is 2.10. The number of aryl methyl sites for hydroxylation is 1. The molecule has 1 atom stereocenters. The monoisotopic (exact) mass is 189 g/mol. The number of aromatic nitrogens is 1. The van der Waals surface area contributed by atoms with Crippen molar-refractivity contribution in [3.63, 3.8) is 0 Å². The minimum absolute atomic E-state index is 0.271. The molecule has 0 aliphatic rings. The first kappa shape index (κ1) is 9.28. The molecular weight excluding hydrogens is 174 g/mol. The smallest absolute Gasteiger partial charge is 0.0552 e. The number of fused-ring (bicyclic) bond motifs is 1. The van der Waals surface area contributed by atoms with Crippen LogP contribution >= 0.6 is 0 Å². The Morgan fingerprint density at radius 1 is 1.36 bits per heavy atom. The van der Waals surface area contributed by atoms with Crippen molar-refractivity contribution in [2.24, 2.45) is 7.05 Å². The maximum Gasteiger partial charge on any atom is 0.0552 e. The molecule has 0 saturated carbocycles. The first-order chi connectivity index (χ1) is 6.66. The van der Waals surface area contributed by atoms with Crippen LogP contribution in [0, 0.1) is 0 Å². The van der Waals surface area contributed by atoms with Gasteiger partial charge in [0.2, 0.25) is 0 Å². The van der Waals surface area contributed by atoms with Crippen LogP contribution in [0.5, 0.6) is 0 Å². The molecule has 0 aliphatic carbocycles. The van der Waals surface area contributed by atoms with Crippen molar-refractivity contribution in [3.05, 3.63) is 36.0 Å². The molecule has 1 aromatic carbocycles. The maximum absolute atomic E-state index is 9.29. The summed E-state index contributed by atoms with van der Waals surface area (Å²) in [7, 11) is 2.04. The van der Waals surface area contributed by atoms with Gasteiger partial charge in [-0.2, -0.15) is 0 Å². The van der Waals surface area contributed by atoms with Gasteiger partial charge in [-0.25, -0.2) is 0 Å². The van der Waals surface area contributed by atoms with Gasteiger partial charge in [0.1, 0.15) is 0 Å². The predicted molar refractivity (Wildman–Crippen MR) is 58.3 cm³/mol. The van der Waals surface area contributed by atoms with E-state index in [-0.39, 0.29) is 6.10 Å². The molecule has 1 heterocycles. The molecule has 2 aromatic rings. The molecule has 14 heavy (non-hydrogen) atoms. The molecule has 0 fully saturated rings.